The van der Waals surface area contributed by atoms with Crippen LogP contribution in [0.2, 0.25) is 0 Å². The van der Waals surface area contributed by atoms with Gasteiger partial charge in [-0.05, 0) is 101 Å². The molecule has 0 aliphatic heterocycles. The van der Waals surface area contributed by atoms with Crippen LogP contribution in [0.5, 0.6) is 0 Å². The smallest absolute Gasteiger partial charge is 0.00988 e. The molecule has 0 heterocycles. The molecule has 2 aliphatic rings. The van der Waals surface area contributed by atoms with Crippen molar-refractivity contribution in [1.29, 1.82) is 0 Å². The van der Waals surface area contributed by atoms with E-state index in [-0.39, 0.29) is 0 Å². The molecule has 0 spiro atoms. The Bertz CT molecular complexity index is 1710. The maximum absolute atomic E-state index is 2.37. The first-order valence-corrected chi connectivity index (χ1v) is 11.1. The Labute approximate surface area is 186 Å². The molecular weight excluding hydrogens is 384 g/mol. The van der Waals surface area contributed by atoms with Crippen molar-refractivity contribution in [2.24, 2.45) is 0 Å². The molecule has 0 aromatic heterocycles. The molecule has 148 valence electrons. The molecular formula is C32H20. The van der Waals surface area contributed by atoms with Crippen LogP contribution < -0.4 is 10.4 Å². The van der Waals surface area contributed by atoms with Crippen LogP contribution in [0.4, 0.5) is 0 Å². The molecule has 0 bridgehead atoms. The van der Waals surface area contributed by atoms with Gasteiger partial charge in [0.25, 0.3) is 0 Å². The van der Waals surface area contributed by atoms with Gasteiger partial charge in [-0.3, -0.25) is 0 Å². The molecule has 0 saturated heterocycles. The fourth-order valence-electron chi connectivity index (χ4n) is 5.15. The first-order chi connectivity index (χ1) is 15.8. The van der Waals surface area contributed by atoms with Crippen molar-refractivity contribution in [1.82, 2.24) is 0 Å². The Hall–Kier alpha value is -4.16. The van der Waals surface area contributed by atoms with E-state index in [0.29, 0.717) is 0 Å². The highest BCUT2D eigenvalue weighted by Crippen LogP contribution is 2.23. The van der Waals surface area contributed by atoms with Gasteiger partial charge >= 0.3 is 0 Å². The van der Waals surface area contributed by atoms with Gasteiger partial charge in [0, 0.05) is 0 Å². The van der Waals surface area contributed by atoms with E-state index in [2.05, 4.69) is 121 Å². The molecule has 5 aromatic rings. The highest BCUT2D eigenvalue weighted by molar-refractivity contribution is 5.69. The monoisotopic (exact) mass is 404 g/mol. The van der Waals surface area contributed by atoms with Gasteiger partial charge in [0.2, 0.25) is 0 Å². The molecule has 0 N–H and O–H groups in total. The molecule has 5 aromatic carbocycles. The highest BCUT2D eigenvalue weighted by Gasteiger charge is 2.10. The van der Waals surface area contributed by atoms with Crippen LogP contribution in [0.3, 0.4) is 0 Å². The van der Waals surface area contributed by atoms with Gasteiger partial charge in [-0.25, -0.2) is 0 Å². The lowest BCUT2D eigenvalue weighted by Crippen LogP contribution is -2.00. The lowest BCUT2D eigenvalue weighted by Gasteiger charge is -2.00. The molecule has 0 amide bonds. The quantitative estimate of drug-likeness (QED) is 0.338. The van der Waals surface area contributed by atoms with E-state index < -0.39 is 0 Å². The largest absolute Gasteiger partial charge is 0.0622 e. The first kappa shape index (κ1) is 17.5. The van der Waals surface area contributed by atoms with Crippen molar-refractivity contribution >= 4 is 12.2 Å². The van der Waals surface area contributed by atoms with Crippen molar-refractivity contribution in [2.45, 2.75) is 0 Å². The minimum atomic E-state index is 1.26. The molecule has 0 heteroatoms. The van der Waals surface area contributed by atoms with Crippen LogP contribution in [0.25, 0.3) is 34.4 Å². The van der Waals surface area contributed by atoms with Gasteiger partial charge in [0.1, 0.15) is 0 Å². The molecule has 7 rings (SSSR count). The standard InChI is InChI=1S/C32H20/c1-3-7-21(8-4-1)23-11-13-29-25(15-23)17-27-19-32-28(20-31(27)29)18-26-16-24(12-14-30(26)32)22-9-5-2-6-10-22/h1-20H. The topological polar surface area (TPSA) is 0 Å². The van der Waals surface area contributed by atoms with E-state index in [1.54, 1.807) is 0 Å². The van der Waals surface area contributed by atoms with Crippen LogP contribution in [-0.2, 0) is 0 Å². The zero-order valence-corrected chi connectivity index (χ0v) is 17.5. The lowest BCUT2D eigenvalue weighted by molar-refractivity contribution is 1.43. The third-order valence-corrected chi connectivity index (χ3v) is 6.74. The van der Waals surface area contributed by atoms with Crippen molar-refractivity contribution in [3.05, 3.63) is 152 Å². The van der Waals surface area contributed by atoms with Gasteiger partial charge in [0.15, 0.2) is 0 Å². The van der Waals surface area contributed by atoms with Crippen LogP contribution >= 0.6 is 0 Å². The average molecular weight is 405 g/mol. The van der Waals surface area contributed by atoms with E-state index in [0.717, 1.165) is 0 Å². The normalized spacial score (nSPS) is 12.2. The number of hydrogen-bond acceptors (Lipinski definition) is 0. The maximum Gasteiger partial charge on any atom is -0.00988 e. The average Bonchev–Trinajstić information content (AvgIpc) is 3.39. The predicted octanol–water partition coefficient (Wildman–Crippen LogP) is 5.88. The zero-order valence-electron chi connectivity index (χ0n) is 17.5. The summed E-state index contributed by atoms with van der Waals surface area (Å²) < 4.78 is 0. The van der Waals surface area contributed by atoms with Crippen molar-refractivity contribution in [3.63, 3.8) is 0 Å². The molecule has 0 fully saturated rings. The van der Waals surface area contributed by atoms with E-state index in [1.807, 2.05) is 0 Å². The summed E-state index contributed by atoms with van der Waals surface area (Å²) >= 11 is 0. The molecule has 0 saturated carbocycles. The van der Waals surface area contributed by atoms with E-state index in [4.69, 9.17) is 0 Å². The minimum Gasteiger partial charge on any atom is -0.0622 e. The first-order valence-electron chi connectivity index (χ1n) is 11.1. The maximum atomic E-state index is 2.37. The van der Waals surface area contributed by atoms with Crippen molar-refractivity contribution < 1.29 is 0 Å². The van der Waals surface area contributed by atoms with Crippen LogP contribution in [0.15, 0.2) is 109 Å². The molecule has 0 nitrogen and oxygen atoms in total. The summed E-state index contributed by atoms with van der Waals surface area (Å²) in [5.74, 6) is 0. The molecule has 0 atom stereocenters. The number of hydrogen-bond donors (Lipinski definition) is 0. The van der Waals surface area contributed by atoms with Gasteiger partial charge in [-0.15, -0.1) is 0 Å². The summed E-state index contributed by atoms with van der Waals surface area (Å²) in [6, 6.07) is 39.7. The summed E-state index contributed by atoms with van der Waals surface area (Å²) in [4.78, 5) is 0. The second-order valence-electron chi connectivity index (χ2n) is 8.65. The van der Waals surface area contributed by atoms with Crippen molar-refractivity contribution in [3.8, 4) is 22.3 Å². The number of rotatable bonds is 2. The Morgan fingerprint density at radius 2 is 0.750 bits per heavy atom. The van der Waals surface area contributed by atoms with Gasteiger partial charge in [0.05, 0.1) is 0 Å². The van der Waals surface area contributed by atoms with Crippen LogP contribution in [0.1, 0.15) is 11.1 Å². The summed E-state index contributed by atoms with van der Waals surface area (Å²) in [6.07, 6.45) is 4.68. The Kier molecular flexibility index (Phi) is 3.65. The Balaban J connectivity index is 1.42. The van der Waals surface area contributed by atoms with E-state index in [9.17, 15) is 0 Å². The van der Waals surface area contributed by atoms with Crippen molar-refractivity contribution in [2.75, 3.05) is 0 Å². The predicted molar refractivity (Wildman–Crippen MR) is 132 cm³/mol. The minimum absolute atomic E-state index is 1.26. The third-order valence-electron chi connectivity index (χ3n) is 6.74. The number of benzene rings is 5. The molecule has 0 radical (unpaired) electrons. The van der Waals surface area contributed by atoms with Crippen LogP contribution in [-0.4, -0.2) is 0 Å². The SMILES string of the molecule is C1=c2cc(-c3ccccc3)ccc2=c2cc3c(cc21)=c1ccc(-c2ccccc2)cc1=C3. The Morgan fingerprint density at radius 1 is 0.312 bits per heavy atom. The Morgan fingerprint density at radius 3 is 1.19 bits per heavy atom. The summed E-state index contributed by atoms with van der Waals surface area (Å²) in [6.45, 7) is 0. The van der Waals surface area contributed by atoms with Gasteiger partial charge in [-0.2, -0.15) is 0 Å². The lowest BCUT2D eigenvalue weighted by atomic mass is 10.0. The fraction of sp³-hybridized carbons (Fsp3) is 0. The van der Waals surface area contributed by atoms with Gasteiger partial charge < -0.3 is 0 Å². The molecule has 0 unspecified atom stereocenters. The third kappa shape index (κ3) is 2.63. The molecule has 32 heavy (non-hydrogen) atoms. The molecule has 2 aliphatic carbocycles. The zero-order chi connectivity index (χ0) is 21.1. The summed E-state index contributed by atoms with van der Waals surface area (Å²) in [7, 11) is 0. The second kappa shape index (κ2) is 6.67. The van der Waals surface area contributed by atoms with Gasteiger partial charge in [-0.1, -0.05) is 84.9 Å². The number of fused-ring (bicyclic) bond motifs is 4. The fourth-order valence-corrected chi connectivity index (χ4v) is 5.15. The van der Waals surface area contributed by atoms with Crippen LogP contribution in [0, 0.1) is 20.9 Å². The summed E-state index contributed by atoms with van der Waals surface area (Å²) in [5.41, 5.74) is 7.70. The second-order valence-corrected chi connectivity index (χ2v) is 8.65. The van der Waals surface area contributed by atoms with E-state index >= 15 is 0 Å². The summed E-state index contributed by atoms with van der Waals surface area (Å²) in [5, 5.41) is 7.96. The highest BCUT2D eigenvalue weighted by atomic mass is 14.1. The van der Waals surface area contributed by atoms with E-state index in [1.165, 1.54) is 64.7 Å².